The van der Waals surface area contributed by atoms with Crippen LogP contribution in [0.4, 0.5) is 11.4 Å². The third-order valence-electron chi connectivity index (χ3n) is 2.51. The Kier molecular flexibility index (Phi) is 6.36. The molecule has 0 amide bonds. The fraction of sp³-hybridized carbons (Fsp3) is 0.571. The Morgan fingerprint density at radius 1 is 1.33 bits per heavy atom. The van der Waals surface area contributed by atoms with Crippen molar-refractivity contribution in [2.45, 2.75) is 20.3 Å². The summed E-state index contributed by atoms with van der Waals surface area (Å²) < 4.78 is 10.7. The minimum atomic E-state index is 0.455. The molecular weight excluding hydrogens is 228 g/mol. The maximum atomic E-state index is 5.85. The number of methoxy groups -OCH3 is 1. The van der Waals surface area contributed by atoms with Crippen LogP contribution in [-0.4, -0.2) is 26.9 Å². The topological polar surface area (TPSA) is 56.5 Å². The van der Waals surface area contributed by atoms with Gasteiger partial charge < -0.3 is 20.5 Å². The van der Waals surface area contributed by atoms with Crippen molar-refractivity contribution in [1.29, 1.82) is 0 Å². The first kappa shape index (κ1) is 14.6. The van der Waals surface area contributed by atoms with Gasteiger partial charge in [-0.1, -0.05) is 13.8 Å². The number of rotatable bonds is 8. The zero-order valence-corrected chi connectivity index (χ0v) is 11.5. The van der Waals surface area contributed by atoms with Crippen LogP contribution >= 0.6 is 0 Å². The normalized spacial score (nSPS) is 12.2. The van der Waals surface area contributed by atoms with Crippen LogP contribution in [0.25, 0.3) is 0 Å². The zero-order valence-electron chi connectivity index (χ0n) is 11.5. The van der Waals surface area contributed by atoms with Crippen LogP contribution in [0.2, 0.25) is 0 Å². The molecule has 3 N–H and O–H groups in total. The lowest BCUT2D eigenvalue weighted by atomic mass is 10.2. The Morgan fingerprint density at radius 3 is 2.78 bits per heavy atom. The number of hydrogen-bond donors (Lipinski definition) is 2. The number of nitrogens with two attached hydrogens (primary N) is 1. The summed E-state index contributed by atoms with van der Waals surface area (Å²) in [5, 5.41) is 3.35. The van der Waals surface area contributed by atoms with E-state index < -0.39 is 0 Å². The van der Waals surface area contributed by atoms with Gasteiger partial charge in [-0.2, -0.15) is 0 Å². The standard InChI is InChI=1S/C14H24N2O2/c1-4-5-18-14-7-12(15)6-13(8-14)16-9-11(2)10-17-3/h6-8,11,16H,4-5,9-10,15H2,1-3H3. The van der Waals surface area contributed by atoms with Gasteiger partial charge in [-0.25, -0.2) is 0 Å². The van der Waals surface area contributed by atoms with Gasteiger partial charge in [0.05, 0.1) is 13.2 Å². The molecule has 1 atom stereocenters. The van der Waals surface area contributed by atoms with Crippen LogP contribution in [-0.2, 0) is 4.74 Å². The molecule has 0 saturated heterocycles. The van der Waals surface area contributed by atoms with Crippen LogP contribution in [0.1, 0.15) is 20.3 Å². The van der Waals surface area contributed by atoms with Gasteiger partial charge in [-0.05, 0) is 18.4 Å². The lowest BCUT2D eigenvalue weighted by molar-refractivity contribution is 0.164. The van der Waals surface area contributed by atoms with E-state index in [-0.39, 0.29) is 0 Å². The second-order valence-electron chi connectivity index (χ2n) is 4.58. The van der Waals surface area contributed by atoms with E-state index in [0.717, 1.165) is 31.0 Å². The van der Waals surface area contributed by atoms with Crippen molar-refractivity contribution in [3.63, 3.8) is 0 Å². The summed E-state index contributed by atoms with van der Waals surface area (Å²) in [5.41, 5.74) is 7.55. The first-order valence-corrected chi connectivity index (χ1v) is 6.41. The minimum Gasteiger partial charge on any atom is -0.493 e. The Bertz CT molecular complexity index is 356. The molecule has 1 rings (SSSR count). The Balaban J connectivity index is 2.56. The smallest absolute Gasteiger partial charge is 0.123 e. The van der Waals surface area contributed by atoms with E-state index in [0.29, 0.717) is 18.2 Å². The quantitative estimate of drug-likeness (QED) is 0.698. The van der Waals surface area contributed by atoms with Gasteiger partial charge in [0.1, 0.15) is 5.75 Å². The van der Waals surface area contributed by atoms with Crippen LogP contribution in [0, 0.1) is 5.92 Å². The molecule has 0 aromatic heterocycles. The van der Waals surface area contributed by atoms with Crippen LogP contribution in [0.5, 0.6) is 5.75 Å². The first-order chi connectivity index (χ1) is 8.65. The zero-order chi connectivity index (χ0) is 13.4. The number of nitrogen functional groups attached to an aromatic ring is 1. The van der Waals surface area contributed by atoms with Crippen LogP contribution in [0.3, 0.4) is 0 Å². The van der Waals surface area contributed by atoms with Gasteiger partial charge in [-0.15, -0.1) is 0 Å². The Hall–Kier alpha value is -1.42. The minimum absolute atomic E-state index is 0.455. The second-order valence-corrected chi connectivity index (χ2v) is 4.58. The van der Waals surface area contributed by atoms with Gasteiger partial charge in [0.15, 0.2) is 0 Å². The summed E-state index contributed by atoms with van der Waals surface area (Å²) >= 11 is 0. The lowest BCUT2D eigenvalue weighted by Crippen LogP contribution is -2.15. The summed E-state index contributed by atoms with van der Waals surface area (Å²) in [6.45, 7) is 6.52. The molecule has 0 heterocycles. The van der Waals surface area contributed by atoms with Gasteiger partial charge in [0.2, 0.25) is 0 Å². The van der Waals surface area contributed by atoms with E-state index in [9.17, 15) is 0 Å². The maximum Gasteiger partial charge on any atom is 0.123 e. The van der Waals surface area contributed by atoms with E-state index in [1.165, 1.54) is 0 Å². The fourth-order valence-electron chi connectivity index (χ4n) is 1.66. The van der Waals surface area contributed by atoms with Crippen molar-refractivity contribution in [3.05, 3.63) is 18.2 Å². The van der Waals surface area contributed by atoms with E-state index in [1.807, 2.05) is 18.2 Å². The van der Waals surface area contributed by atoms with E-state index >= 15 is 0 Å². The maximum absolute atomic E-state index is 5.85. The molecule has 0 bridgehead atoms. The monoisotopic (exact) mass is 252 g/mol. The Morgan fingerprint density at radius 2 is 2.11 bits per heavy atom. The van der Waals surface area contributed by atoms with Crippen LogP contribution < -0.4 is 15.8 Å². The predicted octanol–water partition coefficient (Wildman–Crippen LogP) is 2.75. The van der Waals surface area contributed by atoms with Crippen molar-refractivity contribution in [3.8, 4) is 5.75 Å². The molecule has 0 radical (unpaired) electrons. The predicted molar refractivity (Wildman–Crippen MR) is 76.2 cm³/mol. The van der Waals surface area contributed by atoms with Crippen LogP contribution in [0.15, 0.2) is 18.2 Å². The number of nitrogens with one attached hydrogen (secondary N) is 1. The first-order valence-electron chi connectivity index (χ1n) is 6.41. The average Bonchev–Trinajstić information content (AvgIpc) is 2.34. The van der Waals surface area contributed by atoms with Gasteiger partial charge >= 0.3 is 0 Å². The van der Waals surface area contributed by atoms with E-state index in [1.54, 1.807) is 7.11 Å². The number of hydrogen-bond acceptors (Lipinski definition) is 4. The van der Waals surface area contributed by atoms with Crippen molar-refractivity contribution in [1.82, 2.24) is 0 Å². The third kappa shape index (κ3) is 5.27. The molecular formula is C14H24N2O2. The highest BCUT2D eigenvalue weighted by Crippen LogP contribution is 2.23. The molecule has 4 nitrogen and oxygen atoms in total. The molecule has 102 valence electrons. The fourth-order valence-corrected chi connectivity index (χ4v) is 1.66. The number of ether oxygens (including phenoxy) is 2. The molecule has 0 aliphatic rings. The second kappa shape index (κ2) is 7.82. The molecule has 4 heteroatoms. The van der Waals surface area contributed by atoms with Crippen molar-refractivity contribution in [2.75, 3.05) is 37.9 Å². The summed E-state index contributed by atoms with van der Waals surface area (Å²) in [4.78, 5) is 0. The van der Waals surface area contributed by atoms with Crippen molar-refractivity contribution in [2.24, 2.45) is 5.92 Å². The van der Waals surface area contributed by atoms with Gasteiger partial charge in [0.25, 0.3) is 0 Å². The van der Waals surface area contributed by atoms with Gasteiger partial charge in [0, 0.05) is 37.2 Å². The molecule has 1 aromatic carbocycles. The number of anilines is 2. The highest BCUT2D eigenvalue weighted by molar-refractivity contribution is 5.59. The molecule has 0 aliphatic heterocycles. The van der Waals surface area contributed by atoms with Crippen molar-refractivity contribution >= 4 is 11.4 Å². The summed E-state index contributed by atoms with van der Waals surface area (Å²) in [7, 11) is 1.72. The number of benzene rings is 1. The summed E-state index contributed by atoms with van der Waals surface area (Å²) in [6.07, 6.45) is 0.989. The highest BCUT2D eigenvalue weighted by atomic mass is 16.5. The molecule has 0 spiro atoms. The molecule has 1 aromatic rings. The van der Waals surface area contributed by atoms with E-state index in [2.05, 4.69) is 19.2 Å². The third-order valence-corrected chi connectivity index (χ3v) is 2.51. The Labute approximate surface area is 109 Å². The molecule has 0 aliphatic carbocycles. The van der Waals surface area contributed by atoms with Crippen molar-refractivity contribution < 1.29 is 9.47 Å². The van der Waals surface area contributed by atoms with E-state index in [4.69, 9.17) is 15.2 Å². The average molecular weight is 252 g/mol. The molecule has 1 unspecified atom stereocenters. The lowest BCUT2D eigenvalue weighted by Gasteiger charge is -2.14. The SMILES string of the molecule is CCCOc1cc(N)cc(NCC(C)COC)c1. The highest BCUT2D eigenvalue weighted by Gasteiger charge is 2.03. The summed E-state index contributed by atoms with van der Waals surface area (Å²) in [6, 6.07) is 5.74. The van der Waals surface area contributed by atoms with Gasteiger partial charge in [-0.3, -0.25) is 0 Å². The molecule has 0 saturated carbocycles. The largest absolute Gasteiger partial charge is 0.493 e. The molecule has 18 heavy (non-hydrogen) atoms. The summed E-state index contributed by atoms with van der Waals surface area (Å²) in [5.74, 6) is 1.27. The molecule has 0 fully saturated rings.